The number of carbonyl (C=O) groups excluding carboxylic acids is 11. The SMILES string of the molecule is NC(=O)CC[C@@H]1NC(=O)C(Cc2ccccc2)NC(=O)[C@H](Cc2ccc(O)cc2)NC(=O)[C@@H](N)CSSCC(C(=O)N2CCC[C@H]2C(=O)N[C@@H](CCCN=C(N)N)C(=O)NCC(N)=O)NC(=O)C(CC(N)=O)NC1=O. The van der Waals surface area contributed by atoms with Gasteiger partial charge in [-0.3, -0.25) is 57.7 Å². The van der Waals surface area contributed by atoms with E-state index in [1.165, 1.54) is 29.2 Å². The van der Waals surface area contributed by atoms with Gasteiger partial charge < -0.3 is 81.6 Å². The smallest absolute Gasteiger partial charge is 0.246 e. The minimum atomic E-state index is -1.80. The van der Waals surface area contributed by atoms with Crippen molar-refractivity contribution in [2.24, 2.45) is 39.4 Å². The van der Waals surface area contributed by atoms with Gasteiger partial charge in [-0.25, -0.2) is 0 Å². The van der Waals surface area contributed by atoms with Gasteiger partial charge in [-0.2, -0.15) is 0 Å². The van der Waals surface area contributed by atoms with Gasteiger partial charge >= 0.3 is 0 Å². The van der Waals surface area contributed by atoms with Gasteiger partial charge in [0.15, 0.2) is 5.96 Å². The Morgan fingerprint density at radius 1 is 0.707 bits per heavy atom. The van der Waals surface area contributed by atoms with Crippen molar-refractivity contribution < 1.29 is 57.8 Å². The number of hydrogen-bond acceptors (Lipinski definition) is 16. The number of likely N-dealkylation sites (tertiary alicyclic amines) is 1. The molecule has 75 heavy (non-hydrogen) atoms. The molecule has 2 aliphatic rings. The third kappa shape index (κ3) is 20.3. The largest absolute Gasteiger partial charge is 0.508 e. The fourth-order valence-corrected chi connectivity index (χ4v) is 10.1. The number of aliphatic imine (C=N–C) groups is 1. The zero-order valence-electron chi connectivity index (χ0n) is 40.8. The van der Waals surface area contributed by atoms with Crippen LogP contribution in [0.15, 0.2) is 59.6 Å². The molecular weight excluding hydrogens is 1020 g/mol. The van der Waals surface area contributed by atoms with Crippen LogP contribution in [0.2, 0.25) is 0 Å². The minimum Gasteiger partial charge on any atom is -0.508 e. The number of guanidine groups is 1. The van der Waals surface area contributed by atoms with E-state index >= 15 is 0 Å². The quantitative estimate of drug-likeness (QED) is 0.0270. The normalized spacial score (nSPS) is 22.6. The molecule has 408 valence electrons. The maximum absolute atomic E-state index is 14.6. The summed E-state index contributed by atoms with van der Waals surface area (Å²) >= 11 is 0. The Bertz CT molecular complexity index is 2420. The van der Waals surface area contributed by atoms with Crippen LogP contribution in [0.25, 0.3) is 0 Å². The maximum Gasteiger partial charge on any atom is 0.246 e. The fraction of sp³-hybridized carbons (Fsp3) is 0.478. The lowest BCUT2D eigenvalue weighted by atomic mass is 10.0. The van der Waals surface area contributed by atoms with Crippen LogP contribution in [0.3, 0.4) is 0 Å². The highest BCUT2D eigenvalue weighted by atomic mass is 33.1. The average molecular weight is 1080 g/mol. The second-order valence-corrected chi connectivity index (χ2v) is 20.2. The Kier molecular flexibility index (Phi) is 23.9. The number of phenols is 1. The van der Waals surface area contributed by atoms with Crippen LogP contribution in [0.1, 0.15) is 56.1 Å². The van der Waals surface area contributed by atoms with Gasteiger partial charge in [0.25, 0.3) is 0 Å². The van der Waals surface area contributed by atoms with Crippen molar-refractivity contribution >= 4 is 92.5 Å². The van der Waals surface area contributed by atoms with Crippen LogP contribution in [-0.2, 0) is 65.6 Å². The number of nitrogens with two attached hydrogens (primary N) is 6. The van der Waals surface area contributed by atoms with Gasteiger partial charge in [-0.15, -0.1) is 0 Å². The zero-order chi connectivity index (χ0) is 55.2. The molecule has 2 aromatic rings. The molecule has 2 heterocycles. The number of benzene rings is 2. The predicted molar refractivity (Wildman–Crippen MR) is 276 cm³/mol. The number of carbonyl (C=O) groups is 11. The second-order valence-electron chi connectivity index (χ2n) is 17.6. The number of nitrogens with one attached hydrogen (secondary N) is 7. The summed E-state index contributed by atoms with van der Waals surface area (Å²) in [6, 6.07) is 2.80. The third-order valence-corrected chi connectivity index (χ3v) is 14.1. The molecule has 3 unspecified atom stereocenters. The molecule has 0 radical (unpaired) electrons. The Balaban J connectivity index is 1.71. The van der Waals surface area contributed by atoms with E-state index in [0.717, 1.165) is 21.6 Å². The highest BCUT2D eigenvalue weighted by Gasteiger charge is 2.40. The first-order valence-electron chi connectivity index (χ1n) is 23.7. The van der Waals surface area contributed by atoms with Gasteiger partial charge in [0.2, 0.25) is 65.0 Å². The topological polar surface area (TPSA) is 464 Å². The molecule has 2 saturated heterocycles. The van der Waals surface area contributed by atoms with Crippen molar-refractivity contribution in [1.82, 2.24) is 42.1 Å². The molecule has 27 nitrogen and oxygen atoms in total. The summed E-state index contributed by atoms with van der Waals surface area (Å²) in [6.45, 7) is -0.443. The number of phenolic OH excluding ortho intramolecular Hbond substituents is 1. The summed E-state index contributed by atoms with van der Waals surface area (Å²) in [6.07, 6.45) is -1.38. The molecule has 2 aliphatic heterocycles. The van der Waals surface area contributed by atoms with Crippen LogP contribution >= 0.6 is 21.6 Å². The molecule has 2 fully saturated rings. The van der Waals surface area contributed by atoms with E-state index in [0.29, 0.717) is 17.5 Å². The van der Waals surface area contributed by atoms with Gasteiger partial charge in [0, 0.05) is 43.9 Å². The Morgan fingerprint density at radius 2 is 1.28 bits per heavy atom. The summed E-state index contributed by atoms with van der Waals surface area (Å²) in [5, 5.41) is 27.6. The van der Waals surface area contributed by atoms with Crippen LogP contribution in [0, 0.1) is 0 Å². The number of nitrogens with zero attached hydrogens (tertiary/aromatic N) is 2. The molecule has 4 rings (SSSR count). The van der Waals surface area contributed by atoms with E-state index in [4.69, 9.17) is 34.4 Å². The van der Waals surface area contributed by atoms with Crippen LogP contribution in [0.5, 0.6) is 5.75 Å². The summed E-state index contributed by atoms with van der Waals surface area (Å²) in [4.78, 5) is 153. The standard InChI is InChI=1S/C46H65N15O12S2/c47-27-22-74-75-23-33(45(73)61-17-5-9-34(61)44(72)56-28(8-4-16-53-46(51)52)39(67)54-21-37(50)65)60-43(71)32(20-36(49)64)59-40(68)29(14-15-35(48)63)55-41(69)31(18-24-6-2-1-3-7-24)58-42(70)30(57-38(27)66)19-25-10-12-26(62)13-11-25/h1-3,6-7,10-13,27-34,62H,4-5,8-9,14-23,47H2,(H2,48,63)(H2,49,64)(H2,50,65)(H,54,67)(H,55,69)(H,56,72)(H,57,66)(H,58,70)(H,59,68)(H,60,71)(H4,51,52,53)/t27-,28-,29-,30-,31?,32?,33?,34-/m0/s1. The monoisotopic (exact) mass is 1080 g/mol. The van der Waals surface area contributed by atoms with Crippen molar-refractivity contribution in [3.8, 4) is 5.75 Å². The maximum atomic E-state index is 14.6. The molecule has 0 aliphatic carbocycles. The first-order valence-corrected chi connectivity index (χ1v) is 26.2. The molecule has 0 spiro atoms. The molecule has 20 N–H and O–H groups in total. The molecule has 8 atom stereocenters. The van der Waals surface area contributed by atoms with E-state index in [1.54, 1.807) is 30.3 Å². The van der Waals surface area contributed by atoms with Gasteiger partial charge in [-0.05, 0) is 55.4 Å². The number of amides is 11. The third-order valence-electron chi connectivity index (χ3n) is 11.6. The fourth-order valence-electron chi connectivity index (χ4n) is 7.80. The number of aromatic hydroxyl groups is 1. The van der Waals surface area contributed by atoms with E-state index < -0.39 is 139 Å². The lowest BCUT2D eigenvalue weighted by Crippen LogP contribution is -2.61. The van der Waals surface area contributed by atoms with Crippen LogP contribution in [0.4, 0.5) is 0 Å². The van der Waals surface area contributed by atoms with Crippen molar-refractivity contribution in [2.45, 2.75) is 106 Å². The van der Waals surface area contributed by atoms with Crippen LogP contribution < -0.4 is 71.6 Å². The van der Waals surface area contributed by atoms with E-state index in [-0.39, 0.29) is 68.4 Å². The van der Waals surface area contributed by atoms with E-state index in [9.17, 15) is 57.8 Å². The summed E-state index contributed by atoms with van der Waals surface area (Å²) in [5.74, 6) is -10.5. The molecule has 0 aromatic heterocycles. The average Bonchev–Trinajstić information content (AvgIpc) is 3.86. The van der Waals surface area contributed by atoms with E-state index in [1.807, 2.05) is 0 Å². The van der Waals surface area contributed by atoms with Gasteiger partial charge in [-0.1, -0.05) is 64.1 Å². The first-order chi connectivity index (χ1) is 35.6. The second kappa shape index (κ2) is 29.9. The van der Waals surface area contributed by atoms with Crippen molar-refractivity contribution in [2.75, 3.05) is 31.1 Å². The van der Waals surface area contributed by atoms with Crippen molar-refractivity contribution in [3.63, 3.8) is 0 Å². The highest BCUT2D eigenvalue weighted by Crippen LogP contribution is 2.26. The molecular formula is C46H65N15O12S2. The Labute approximate surface area is 439 Å². The lowest BCUT2D eigenvalue weighted by Gasteiger charge is -2.31. The molecule has 0 saturated carbocycles. The van der Waals surface area contributed by atoms with Crippen LogP contribution in [-0.4, -0.2) is 160 Å². The summed E-state index contributed by atoms with van der Waals surface area (Å²) in [7, 11) is 1.99. The number of hydrogen-bond donors (Lipinski definition) is 14. The zero-order valence-corrected chi connectivity index (χ0v) is 42.5. The summed E-state index contributed by atoms with van der Waals surface area (Å²) in [5.41, 5.74) is 34.4. The highest BCUT2D eigenvalue weighted by molar-refractivity contribution is 8.76. The van der Waals surface area contributed by atoms with E-state index in [2.05, 4.69) is 42.2 Å². The molecule has 2 aromatic carbocycles. The van der Waals surface area contributed by atoms with Gasteiger partial charge in [0.05, 0.1) is 19.0 Å². The molecule has 29 heteroatoms. The van der Waals surface area contributed by atoms with Gasteiger partial charge in [0.1, 0.15) is 48.0 Å². The summed E-state index contributed by atoms with van der Waals surface area (Å²) < 4.78 is 0. The number of rotatable bonds is 19. The first kappa shape index (κ1) is 59.9. The Morgan fingerprint density at radius 3 is 1.89 bits per heavy atom. The van der Waals surface area contributed by atoms with Crippen molar-refractivity contribution in [1.29, 1.82) is 0 Å². The van der Waals surface area contributed by atoms with Crippen molar-refractivity contribution in [3.05, 3.63) is 65.7 Å². The lowest BCUT2D eigenvalue weighted by molar-refractivity contribution is -0.142. The number of primary amides is 3. The minimum absolute atomic E-state index is 0.00106. The molecule has 11 amide bonds. The molecule has 0 bridgehead atoms. The predicted octanol–water partition coefficient (Wildman–Crippen LogP) is -5.40. The Hall–Kier alpha value is -7.66.